The lowest BCUT2D eigenvalue weighted by molar-refractivity contribution is -0.111. The van der Waals surface area contributed by atoms with Gasteiger partial charge in [0.2, 0.25) is 5.24 Å². The summed E-state index contributed by atoms with van der Waals surface area (Å²) >= 11 is 9.27. The summed E-state index contributed by atoms with van der Waals surface area (Å²) in [6, 6.07) is 0. The average molecular weight is 195 g/mol. The van der Waals surface area contributed by atoms with Gasteiger partial charge in [-0.05, 0) is 18.0 Å². The van der Waals surface area contributed by atoms with E-state index in [9.17, 15) is 4.79 Å². The van der Waals surface area contributed by atoms with Gasteiger partial charge in [-0.15, -0.1) is 0 Å². The molecule has 0 aromatic heterocycles. The van der Waals surface area contributed by atoms with Crippen LogP contribution in [0.4, 0.5) is 0 Å². The smallest absolute Gasteiger partial charge is 0.234 e. The number of carbonyl (C=O) groups excluding carboxylic acids is 1. The molecule has 0 aliphatic heterocycles. The Morgan fingerprint density at radius 2 is 2.09 bits per heavy atom. The van der Waals surface area contributed by atoms with Gasteiger partial charge in [0, 0.05) is 0 Å². The number of rotatable bonds is 6. The summed E-state index contributed by atoms with van der Waals surface area (Å²) in [5.41, 5.74) is 0. The lowest BCUT2D eigenvalue weighted by Crippen LogP contribution is -2.07. The van der Waals surface area contributed by atoms with Crippen molar-refractivity contribution < 1.29 is 4.79 Å². The topological polar surface area (TPSA) is 17.1 Å². The molecule has 0 saturated heterocycles. The van der Waals surface area contributed by atoms with Crippen molar-refractivity contribution in [1.29, 1.82) is 0 Å². The van der Waals surface area contributed by atoms with Crippen LogP contribution < -0.4 is 0 Å². The van der Waals surface area contributed by atoms with Crippen LogP contribution in [-0.2, 0) is 4.79 Å². The summed E-state index contributed by atoms with van der Waals surface area (Å²) in [6.45, 7) is 2.16. The van der Waals surface area contributed by atoms with Gasteiger partial charge in [0.15, 0.2) is 0 Å². The Bertz CT molecular complexity index is 117. The number of unbranched alkanes of at least 4 members (excludes halogenated alkanes) is 3. The summed E-state index contributed by atoms with van der Waals surface area (Å²) in [6.07, 6.45) is 5.49. The van der Waals surface area contributed by atoms with Gasteiger partial charge in [-0.2, -0.15) is 12.6 Å². The van der Waals surface area contributed by atoms with Gasteiger partial charge in [0.1, 0.15) is 0 Å². The van der Waals surface area contributed by atoms with Gasteiger partial charge in [-0.25, -0.2) is 0 Å². The molecule has 0 aromatic rings. The predicted octanol–water partition coefficient (Wildman–Crippen LogP) is 3.02. The standard InChI is InChI=1S/C8H15ClOS/c1-2-3-4-5-6-7(11)8(9)10/h7,11H,2-6H2,1H3. The fraction of sp³-hybridized carbons (Fsp3) is 0.875. The van der Waals surface area contributed by atoms with E-state index in [0.717, 1.165) is 12.8 Å². The molecular weight excluding hydrogens is 180 g/mol. The number of hydrogen-bond acceptors (Lipinski definition) is 2. The second kappa shape index (κ2) is 6.99. The second-order valence-corrected chi connectivity index (χ2v) is 3.67. The monoisotopic (exact) mass is 194 g/mol. The molecular formula is C8H15ClOS. The minimum Gasteiger partial charge on any atom is -0.280 e. The Morgan fingerprint density at radius 1 is 1.45 bits per heavy atom. The van der Waals surface area contributed by atoms with Crippen LogP contribution in [0.2, 0.25) is 0 Å². The lowest BCUT2D eigenvalue weighted by Gasteiger charge is -2.03. The molecule has 11 heavy (non-hydrogen) atoms. The summed E-state index contributed by atoms with van der Waals surface area (Å²) < 4.78 is 0. The highest BCUT2D eigenvalue weighted by molar-refractivity contribution is 7.82. The Morgan fingerprint density at radius 3 is 2.55 bits per heavy atom. The van der Waals surface area contributed by atoms with Crippen molar-refractivity contribution in [1.82, 2.24) is 0 Å². The first kappa shape index (κ1) is 11.3. The zero-order chi connectivity index (χ0) is 8.69. The van der Waals surface area contributed by atoms with Gasteiger partial charge in [0.05, 0.1) is 5.25 Å². The van der Waals surface area contributed by atoms with Crippen molar-refractivity contribution in [2.24, 2.45) is 0 Å². The summed E-state index contributed by atoms with van der Waals surface area (Å²) in [7, 11) is 0. The molecule has 0 aliphatic carbocycles. The van der Waals surface area contributed by atoms with E-state index in [1.165, 1.54) is 19.3 Å². The molecule has 0 rings (SSSR count). The second-order valence-electron chi connectivity index (χ2n) is 2.67. The van der Waals surface area contributed by atoms with Crippen LogP contribution in [0.5, 0.6) is 0 Å². The van der Waals surface area contributed by atoms with E-state index in [-0.39, 0.29) is 10.5 Å². The van der Waals surface area contributed by atoms with E-state index in [2.05, 4.69) is 19.6 Å². The van der Waals surface area contributed by atoms with Crippen LogP contribution in [0.3, 0.4) is 0 Å². The first-order chi connectivity index (χ1) is 5.18. The third kappa shape index (κ3) is 6.70. The molecule has 0 heterocycles. The Hall–Kier alpha value is 0.310. The van der Waals surface area contributed by atoms with Crippen molar-refractivity contribution in [2.45, 2.75) is 44.3 Å². The number of thiol groups is 1. The van der Waals surface area contributed by atoms with Crippen LogP contribution in [0.25, 0.3) is 0 Å². The highest BCUT2D eigenvalue weighted by atomic mass is 35.5. The van der Waals surface area contributed by atoms with Crippen molar-refractivity contribution in [3.8, 4) is 0 Å². The molecule has 3 heteroatoms. The van der Waals surface area contributed by atoms with E-state index >= 15 is 0 Å². The SMILES string of the molecule is CCCCCCC(S)C(=O)Cl. The molecule has 0 N–H and O–H groups in total. The number of hydrogen-bond donors (Lipinski definition) is 1. The summed E-state index contributed by atoms with van der Waals surface area (Å²) in [5, 5.41) is -0.585. The van der Waals surface area contributed by atoms with Crippen LogP contribution in [-0.4, -0.2) is 10.5 Å². The zero-order valence-electron chi connectivity index (χ0n) is 6.85. The van der Waals surface area contributed by atoms with Gasteiger partial charge < -0.3 is 0 Å². The molecule has 0 fully saturated rings. The maximum atomic E-state index is 10.5. The first-order valence-electron chi connectivity index (χ1n) is 4.06. The quantitative estimate of drug-likeness (QED) is 0.391. The fourth-order valence-electron chi connectivity index (χ4n) is 0.878. The molecule has 0 amide bonds. The van der Waals surface area contributed by atoms with E-state index in [1.54, 1.807) is 0 Å². The first-order valence-corrected chi connectivity index (χ1v) is 4.95. The Labute approximate surface area is 78.9 Å². The van der Waals surface area contributed by atoms with E-state index in [0.29, 0.717) is 0 Å². The minimum atomic E-state index is -0.329. The molecule has 0 aromatic carbocycles. The molecule has 0 spiro atoms. The van der Waals surface area contributed by atoms with E-state index in [4.69, 9.17) is 11.6 Å². The summed E-state index contributed by atoms with van der Waals surface area (Å²) in [5.74, 6) is 0. The zero-order valence-corrected chi connectivity index (χ0v) is 8.50. The molecule has 0 radical (unpaired) electrons. The van der Waals surface area contributed by atoms with Gasteiger partial charge in [0.25, 0.3) is 0 Å². The average Bonchev–Trinajstić information content (AvgIpc) is 1.97. The number of halogens is 1. The minimum absolute atomic E-state index is 0.256. The van der Waals surface area contributed by atoms with E-state index < -0.39 is 0 Å². The fourth-order valence-corrected chi connectivity index (χ4v) is 1.17. The molecule has 1 atom stereocenters. The van der Waals surface area contributed by atoms with Gasteiger partial charge in [-0.3, -0.25) is 4.79 Å². The Kier molecular flexibility index (Phi) is 7.18. The van der Waals surface area contributed by atoms with E-state index in [1.807, 2.05) is 0 Å². The van der Waals surface area contributed by atoms with Crippen molar-refractivity contribution in [3.63, 3.8) is 0 Å². The Balaban J connectivity index is 3.17. The highest BCUT2D eigenvalue weighted by Crippen LogP contribution is 2.11. The predicted molar refractivity (Wildman–Crippen MR) is 52.4 cm³/mol. The van der Waals surface area contributed by atoms with Crippen LogP contribution in [0.1, 0.15) is 39.0 Å². The lowest BCUT2D eigenvalue weighted by atomic mass is 10.1. The number of carbonyl (C=O) groups is 1. The van der Waals surface area contributed by atoms with Crippen LogP contribution in [0.15, 0.2) is 0 Å². The van der Waals surface area contributed by atoms with Crippen LogP contribution >= 0.6 is 24.2 Å². The van der Waals surface area contributed by atoms with Gasteiger partial charge in [-0.1, -0.05) is 32.6 Å². The largest absolute Gasteiger partial charge is 0.280 e. The van der Waals surface area contributed by atoms with Gasteiger partial charge >= 0.3 is 0 Å². The maximum Gasteiger partial charge on any atom is 0.234 e. The third-order valence-electron chi connectivity index (χ3n) is 1.59. The maximum absolute atomic E-state index is 10.5. The summed E-state index contributed by atoms with van der Waals surface area (Å²) in [4.78, 5) is 10.5. The molecule has 66 valence electrons. The molecule has 0 bridgehead atoms. The third-order valence-corrected chi connectivity index (χ3v) is 2.50. The normalized spacial score (nSPS) is 13.0. The van der Waals surface area contributed by atoms with Crippen LogP contribution in [0, 0.1) is 0 Å². The molecule has 1 nitrogen and oxygen atoms in total. The van der Waals surface area contributed by atoms with Crippen molar-refractivity contribution in [3.05, 3.63) is 0 Å². The van der Waals surface area contributed by atoms with Crippen molar-refractivity contribution >= 4 is 29.5 Å². The molecule has 0 aliphatic rings. The molecule has 1 unspecified atom stereocenters. The highest BCUT2D eigenvalue weighted by Gasteiger charge is 2.09. The molecule has 0 saturated carbocycles. The van der Waals surface area contributed by atoms with Crippen molar-refractivity contribution in [2.75, 3.05) is 0 Å².